The number of thiophene rings is 1. The Labute approximate surface area is 66.3 Å². The molecule has 0 fully saturated rings. The van der Waals surface area contributed by atoms with Crippen molar-refractivity contribution in [2.24, 2.45) is 0 Å². The molecule has 0 spiro atoms. The molecule has 0 amide bonds. The van der Waals surface area contributed by atoms with Crippen LogP contribution in [0.25, 0.3) is 0 Å². The van der Waals surface area contributed by atoms with Gasteiger partial charge in [-0.2, -0.15) is 0 Å². The molecule has 10 heavy (non-hydrogen) atoms. The molecule has 56 valence electrons. The highest BCUT2D eigenvalue weighted by Crippen LogP contribution is 2.23. The van der Waals surface area contributed by atoms with Gasteiger partial charge in [0.05, 0.1) is 5.00 Å². The van der Waals surface area contributed by atoms with Crippen molar-refractivity contribution in [3.63, 3.8) is 0 Å². The molecule has 1 heterocycles. The van der Waals surface area contributed by atoms with Crippen molar-refractivity contribution in [2.45, 2.75) is 13.3 Å². The van der Waals surface area contributed by atoms with E-state index in [0.29, 0.717) is 0 Å². The van der Waals surface area contributed by atoms with E-state index in [4.69, 9.17) is 0 Å². The second kappa shape index (κ2) is 3.06. The summed E-state index contributed by atoms with van der Waals surface area (Å²) in [6.07, 6.45) is 1.15. The standard InChI is InChI=1S/C8H13NS/c1-4-7-5-6-8(10-7)9(2)3/h5-6H,4H2,1-3H3. The molecule has 0 saturated heterocycles. The first-order valence-electron chi connectivity index (χ1n) is 3.50. The van der Waals surface area contributed by atoms with Crippen LogP contribution in [0.4, 0.5) is 5.00 Å². The summed E-state index contributed by atoms with van der Waals surface area (Å²) in [6.45, 7) is 2.19. The molecule has 0 bridgehead atoms. The van der Waals surface area contributed by atoms with Crippen LogP contribution in [0.1, 0.15) is 11.8 Å². The van der Waals surface area contributed by atoms with E-state index in [-0.39, 0.29) is 0 Å². The number of hydrogen-bond donors (Lipinski definition) is 0. The summed E-state index contributed by atoms with van der Waals surface area (Å²) in [7, 11) is 4.15. The fraction of sp³-hybridized carbons (Fsp3) is 0.500. The topological polar surface area (TPSA) is 3.24 Å². The number of hydrogen-bond acceptors (Lipinski definition) is 2. The van der Waals surface area contributed by atoms with Gasteiger partial charge in [0.15, 0.2) is 0 Å². The fourth-order valence-corrected chi connectivity index (χ4v) is 1.66. The van der Waals surface area contributed by atoms with Gasteiger partial charge in [0.2, 0.25) is 0 Å². The lowest BCUT2D eigenvalue weighted by Gasteiger charge is -2.06. The van der Waals surface area contributed by atoms with E-state index in [0.717, 1.165) is 6.42 Å². The summed E-state index contributed by atoms with van der Waals surface area (Å²) in [5, 5.41) is 1.34. The Morgan fingerprint density at radius 2 is 2.10 bits per heavy atom. The van der Waals surface area contributed by atoms with Crippen molar-refractivity contribution in [3.8, 4) is 0 Å². The van der Waals surface area contributed by atoms with Gasteiger partial charge >= 0.3 is 0 Å². The minimum absolute atomic E-state index is 1.15. The van der Waals surface area contributed by atoms with Crippen LogP contribution in [0.2, 0.25) is 0 Å². The molecular formula is C8H13NS. The SMILES string of the molecule is CCc1ccc(N(C)C)s1. The second-order valence-electron chi connectivity index (χ2n) is 2.49. The van der Waals surface area contributed by atoms with E-state index in [9.17, 15) is 0 Å². The Kier molecular flexibility index (Phi) is 2.33. The van der Waals surface area contributed by atoms with E-state index >= 15 is 0 Å². The Morgan fingerprint density at radius 3 is 2.40 bits per heavy atom. The molecule has 0 aliphatic rings. The van der Waals surface area contributed by atoms with Gasteiger partial charge < -0.3 is 4.90 Å². The van der Waals surface area contributed by atoms with Crippen LogP contribution in [0.5, 0.6) is 0 Å². The van der Waals surface area contributed by atoms with Crippen molar-refractivity contribution >= 4 is 16.3 Å². The average Bonchev–Trinajstić information content (AvgIpc) is 2.34. The van der Waals surface area contributed by atoms with Crippen LogP contribution in [0.15, 0.2) is 12.1 Å². The van der Waals surface area contributed by atoms with Crippen LogP contribution in [0, 0.1) is 0 Å². The van der Waals surface area contributed by atoms with Crippen molar-refractivity contribution in [1.82, 2.24) is 0 Å². The van der Waals surface area contributed by atoms with Gasteiger partial charge in [0.25, 0.3) is 0 Å². The Morgan fingerprint density at radius 1 is 1.40 bits per heavy atom. The summed E-state index contributed by atoms with van der Waals surface area (Å²) in [5.74, 6) is 0. The largest absolute Gasteiger partial charge is 0.370 e. The zero-order valence-electron chi connectivity index (χ0n) is 6.72. The molecule has 1 rings (SSSR count). The molecule has 1 aromatic heterocycles. The highest BCUT2D eigenvalue weighted by atomic mass is 32.1. The molecule has 2 heteroatoms. The first kappa shape index (κ1) is 7.61. The monoisotopic (exact) mass is 155 g/mol. The fourth-order valence-electron chi connectivity index (χ4n) is 0.797. The molecule has 0 radical (unpaired) electrons. The van der Waals surface area contributed by atoms with Crippen molar-refractivity contribution < 1.29 is 0 Å². The maximum absolute atomic E-state index is 2.19. The smallest absolute Gasteiger partial charge is 0.0906 e. The first-order valence-corrected chi connectivity index (χ1v) is 4.31. The van der Waals surface area contributed by atoms with Gasteiger partial charge in [-0.05, 0) is 18.6 Å². The van der Waals surface area contributed by atoms with Gasteiger partial charge in [0.1, 0.15) is 0 Å². The van der Waals surface area contributed by atoms with Gasteiger partial charge in [-0.3, -0.25) is 0 Å². The third-order valence-corrected chi connectivity index (χ3v) is 2.83. The zero-order valence-corrected chi connectivity index (χ0v) is 7.53. The normalized spacial score (nSPS) is 9.90. The highest BCUT2D eigenvalue weighted by Gasteiger charge is 1.97. The average molecular weight is 155 g/mol. The van der Waals surface area contributed by atoms with Gasteiger partial charge in [-0.25, -0.2) is 0 Å². The van der Waals surface area contributed by atoms with Gasteiger partial charge in [0, 0.05) is 19.0 Å². The molecule has 0 unspecified atom stereocenters. The van der Waals surface area contributed by atoms with Gasteiger partial charge in [-0.1, -0.05) is 6.92 Å². The highest BCUT2D eigenvalue weighted by molar-refractivity contribution is 7.16. The number of nitrogens with zero attached hydrogens (tertiary/aromatic N) is 1. The summed E-state index contributed by atoms with van der Waals surface area (Å²) >= 11 is 1.87. The number of rotatable bonds is 2. The molecule has 0 aliphatic carbocycles. The van der Waals surface area contributed by atoms with Gasteiger partial charge in [-0.15, -0.1) is 11.3 Å². The second-order valence-corrected chi connectivity index (χ2v) is 3.63. The zero-order chi connectivity index (χ0) is 7.56. The summed E-state index contributed by atoms with van der Waals surface area (Å²) in [6, 6.07) is 4.36. The number of anilines is 1. The van der Waals surface area contributed by atoms with E-state index < -0.39 is 0 Å². The predicted molar refractivity (Wildman–Crippen MR) is 48.0 cm³/mol. The summed E-state index contributed by atoms with van der Waals surface area (Å²) in [4.78, 5) is 3.60. The Balaban J connectivity index is 2.78. The van der Waals surface area contributed by atoms with Crippen LogP contribution >= 0.6 is 11.3 Å². The lowest BCUT2D eigenvalue weighted by molar-refractivity contribution is 1.16. The maximum Gasteiger partial charge on any atom is 0.0906 e. The lowest BCUT2D eigenvalue weighted by atomic mass is 10.4. The van der Waals surface area contributed by atoms with Crippen LogP contribution in [-0.2, 0) is 6.42 Å². The van der Waals surface area contributed by atoms with Crippen molar-refractivity contribution in [2.75, 3.05) is 19.0 Å². The van der Waals surface area contributed by atoms with Crippen molar-refractivity contribution in [3.05, 3.63) is 17.0 Å². The number of aryl methyl sites for hydroxylation is 1. The Bertz CT molecular complexity index is 203. The molecular weight excluding hydrogens is 142 g/mol. The van der Waals surface area contributed by atoms with Crippen LogP contribution in [-0.4, -0.2) is 14.1 Å². The van der Waals surface area contributed by atoms with E-state index in [2.05, 4.69) is 38.1 Å². The van der Waals surface area contributed by atoms with Crippen LogP contribution < -0.4 is 4.90 Å². The summed E-state index contributed by atoms with van der Waals surface area (Å²) in [5.41, 5.74) is 0. The summed E-state index contributed by atoms with van der Waals surface area (Å²) < 4.78 is 0. The Hall–Kier alpha value is -0.500. The minimum atomic E-state index is 1.15. The first-order chi connectivity index (χ1) is 4.74. The third-order valence-electron chi connectivity index (χ3n) is 1.44. The molecule has 0 N–H and O–H groups in total. The third kappa shape index (κ3) is 1.51. The molecule has 1 nitrogen and oxygen atoms in total. The van der Waals surface area contributed by atoms with E-state index in [1.807, 2.05) is 11.3 Å². The molecule has 0 aliphatic heterocycles. The molecule has 0 saturated carbocycles. The van der Waals surface area contributed by atoms with E-state index in [1.54, 1.807) is 0 Å². The predicted octanol–water partition coefficient (Wildman–Crippen LogP) is 2.38. The maximum atomic E-state index is 2.19. The molecule has 1 aromatic rings. The molecule has 0 atom stereocenters. The quantitative estimate of drug-likeness (QED) is 0.634. The molecule has 0 aromatic carbocycles. The van der Waals surface area contributed by atoms with E-state index in [1.165, 1.54) is 9.88 Å². The lowest BCUT2D eigenvalue weighted by Crippen LogP contribution is -2.05. The minimum Gasteiger partial charge on any atom is -0.370 e. The van der Waals surface area contributed by atoms with Crippen LogP contribution in [0.3, 0.4) is 0 Å². The van der Waals surface area contributed by atoms with Crippen molar-refractivity contribution in [1.29, 1.82) is 0 Å².